The molecule has 3 nitrogen and oxygen atoms in total. The Morgan fingerprint density at radius 1 is 0.756 bits per heavy atom. The van der Waals surface area contributed by atoms with Gasteiger partial charge in [-0.2, -0.15) is 0 Å². The minimum atomic E-state index is 0.0994. The first-order chi connectivity index (χ1) is 20.9. The van der Waals surface area contributed by atoms with Crippen molar-refractivity contribution in [2.75, 3.05) is 5.43 Å². The fourth-order valence-corrected chi connectivity index (χ4v) is 9.69. The minimum absolute atomic E-state index is 0.0994. The molecule has 3 atom stereocenters. The van der Waals surface area contributed by atoms with E-state index in [0.717, 1.165) is 11.8 Å². The van der Waals surface area contributed by atoms with Gasteiger partial charge in [0.15, 0.2) is 0 Å². The van der Waals surface area contributed by atoms with Crippen molar-refractivity contribution in [3.05, 3.63) is 47.5 Å². The second kappa shape index (κ2) is 11.9. The fraction of sp³-hybridized carbons (Fsp3) is 0.714. The van der Waals surface area contributed by atoms with Crippen LogP contribution in [0.2, 0.25) is 0 Å². The van der Waals surface area contributed by atoms with Crippen LogP contribution >= 0.6 is 0 Å². The van der Waals surface area contributed by atoms with Crippen LogP contribution in [0.5, 0.6) is 0 Å². The van der Waals surface area contributed by atoms with Crippen molar-refractivity contribution in [1.82, 2.24) is 9.58 Å². The predicted molar refractivity (Wildman–Crippen MR) is 198 cm³/mol. The monoisotopic (exact) mass is 614 g/mol. The Balaban J connectivity index is 1.76. The molecule has 2 fully saturated rings. The summed E-state index contributed by atoms with van der Waals surface area (Å²) in [4.78, 5) is 3.05. The maximum Gasteiger partial charge on any atom is 0.101 e. The summed E-state index contributed by atoms with van der Waals surface area (Å²) in [5.74, 6) is 2.82. The van der Waals surface area contributed by atoms with Gasteiger partial charge in [-0.1, -0.05) is 102 Å². The van der Waals surface area contributed by atoms with E-state index in [1.807, 2.05) is 0 Å². The average Bonchev–Trinajstić information content (AvgIpc) is 3.38. The van der Waals surface area contributed by atoms with Crippen molar-refractivity contribution in [3.63, 3.8) is 0 Å². The van der Waals surface area contributed by atoms with Gasteiger partial charge >= 0.3 is 0 Å². The largest absolute Gasteiger partial charge is 0.307 e. The number of fused-ring (bicyclic) bond motifs is 3. The van der Waals surface area contributed by atoms with Gasteiger partial charge in [0.25, 0.3) is 0 Å². The standard InChI is InChI=1S/C42H67N3/c1-15-42(16-2)26-41(13,14)44(37-31(27(3)4)18-17-19-32(37)28(5)6)38(42)43-45-35-22-20-29(39(7,8)9)24-33(35)34-25-30(40(10,11)12)21-23-36(34)45/h20-25,27-28,31-32,37-38,43H,15-19,26H2,1-14H3. The Morgan fingerprint density at radius 2 is 1.20 bits per heavy atom. The van der Waals surface area contributed by atoms with Gasteiger partial charge in [0.05, 0.1) is 11.0 Å². The molecule has 0 spiro atoms. The van der Waals surface area contributed by atoms with Crippen molar-refractivity contribution in [3.8, 4) is 0 Å². The molecule has 1 N–H and O–H groups in total. The van der Waals surface area contributed by atoms with Crippen LogP contribution in [0.3, 0.4) is 0 Å². The van der Waals surface area contributed by atoms with Gasteiger partial charge in [-0.05, 0) is 116 Å². The summed E-state index contributed by atoms with van der Waals surface area (Å²) in [6.45, 7) is 34.0. The average molecular weight is 614 g/mol. The van der Waals surface area contributed by atoms with Crippen LogP contribution < -0.4 is 5.43 Å². The van der Waals surface area contributed by atoms with E-state index in [9.17, 15) is 0 Å². The maximum atomic E-state index is 4.38. The predicted octanol–water partition coefficient (Wildman–Crippen LogP) is 11.6. The Kier molecular flexibility index (Phi) is 9.09. The Labute approximate surface area is 276 Å². The van der Waals surface area contributed by atoms with Crippen molar-refractivity contribution in [2.45, 2.75) is 164 Å². The highest BCUT2D eigenvalue weighted by atomic mass is 15.5. The number of rotatable bonds is 7. The molecule has 0 radical (unpaired) electrons. The van der Waals surface area contributed by atoms with E-state index in [2.05, 4.69) is 148 Å². The highest BCUT2D eigenvalue weighted by molar-refractivity contribution is 6.09. The van der Waals surface area contributed by atoms with E-state index in [4.69, 9.17) is 0 Å². The van der Waals surface area contributed by atoms with E-state index in [1.165, 1.54) is 71.5 Å². The number of hydrogen-bond donors (Lipinski definition) is 1. The first-order valence-corrected chi connectivity index (χ1v) is 18.5. The smallest absolute Gasteiger partial charge is 0.101 e. The van der Waals surface area contributed by atoms with Gasteiger partial charge in [-0.15, -0.1) is 0 Å². The highest BCUT2D eigenvalue weighted by Crippen LogP contribution is 2.55. The fourth-order valence-electron chi connectivity index (χ4n) is 9.69. The lowest BCUT2D eigenvalue weighted by atomic mass is 9.67. The molecular formula is C42H67N3. The molecule has 1 saturated heterocycles. The Hall–Kier alpha value is -2.00. The third-order valence-electron chi connectivity index (χ3n) is 12.5. The van der Waals surface area contributed by atoms with E-state index >= 15 is 0 Å². The van der Waals surface area contributed by atoms with Gasteiger partial charge in [0.2, 0.25) is 0 Å². The lowest BCUT2D eigenvalue weighted by Gasteiger charge is -2.53. The highest BCUT2D eigenvalue weighted by Gasteiger charge is 2.59. The zero-order chi connectivity index (χ0) is 33.3. The molecule has 1 aliphatic heterocycles. The van der Waals surface area contributed by atoms with Gasteiger partial charge in [-0.25, -0.2) is 0 Å². The van der Waals surface area contributed by atoms with Crippen molar-refractivity contribution < 1.29 is 0 Å². The third kappa shape index (κ3) is 5.98. The summed E-state index contributed by atoms with van der Waals surface area (Å²) in [5, 5.41) is 2.74. The molecule has 3 aromatic rings. The van der Waals surface area contributed by atoms with E-state index in [-0.39, 0.29) is 27.9 Å². The zero-order valence-corrected chi connectivity index (χ0v) is 31.6. The lowest BCUT2D eigenvalue weighted by molar-refractivity contribution is -0.0441. The molecule has 5 rings (SSSR count). The third-order valence-corrected chi connectivity index (χ3v) is 12.5. The van der Waals surface area contributed by atoms with Crippen LogP contribution in [-0.4, -0.2) is 27.3 Å². The molecule has 45 heavy (non-hydrogen) atoms. The first-order valence-electron chi connectivity index (χ1n) is 18.5. The van der Waals surface area contributed by atoms with Crippen molar-refractivity contribution in [2.24, 2.45) is 29.1 Å². The van der Waals surface area contributed by atoms with Crippen LogP contribution in [0.4, 0.5) is 0 Å². The van der Waals surface area contributed by atoms with Crippen LogP contribution in [0.1, 0.15) is 147 Å². The molecule has 250 valence electrons. The van der Waals surface area contributed by atoms with Gasteiger partial charge < -0.3 is 5.43 Å². The summed E-state index contributed by atoms with van der Waals surface area (Å²) in [5.41, 5.74) is 10.3. The number of aromatic nitrogens is 1. The lowest BCUT2D eigenvalue weighted by Crippen LogP contribution is -2.62. The van der Waals surface area contributed by atoms with E-state index < -0.39 is 0 Å². The molecule has 3 unspecified atom stereocenters. The number of benzene rings is 2. The molecular weight excluding hydrogens is 546 g/mol. The van der Waals surface area contributed by atoms with Crippen LogP contribution in [-0.2, 0) is 10.8 Å². The van der Waals surface area contributed by atoms with Crippen LogP contribution in [0.15, 0.2) is 36.4 Å². The first kappa shape index (κ1) is 34.3. The molecule has 0 amide bonds. The number of likely N-dealkylation sites (tertiary alicyclic amines) is 1. The quantitative estimate of drug-likeness (QED) is 0.286. The van der Waals surface area contributed by atoms with E-state index in [0.29, 0.717) is 17.9 Å². The number of nitrogens with zero attached hydrogens (tertiary/aromatic N) is 2. The molecule has 2 heterocycles. The second-order valence-electron chi connectivity index (χ2n) is 18.5. The summed E-state index contributed by atoms with van der Waals surface area (Å²) >= 11 is 0. The van der Waals surface area contributed by atoms with Gasteiger partial charge in [-0.3, -0.25) is 9.58 Å². The summed E-state index contributed by atoms with van der Waals surface area (Å²) < 4.78 is 2.51. The molecule has 1 aliphatic carbocycles. The Bertz CT molecular complexity index is 1400. The summed E-state index contributed by atoms with van der Waals surface area (Å²) in [6.07, 6.45) is 7.96. The molecule has 0 bridgehead atoms. The molecule has 2 aromatic carbocycles. The minimum Gasteiger partial charge on any atom is -0.307 e. The molecule has 1 saturated carbocycles. The maximum absolute atomic E-state index is 4.38. The number of hydrogen-bond acceptors (Lipinski definition) is 2. The van der Waals surface area contributed by atoms with Crippen molar-refractivity contribution in [1.29, 1.82) is 0 Å². The summed E-state index contributed by atoms with van der Waals surface area (Å²) in [7, 11) is 0. The van der Waals surface area contributed by atoms with Gasteiger partial charge in [0, 0.05) is 27.8 Å². The zero-order valence-electron chi connectivity index (χ0n) is 31.6. The second-order valence-corrected chi connectivity index (χ2v) is 18.5. The molecule has 3 heteroatoms. The Morgan fingerprint density at radius 3 is 1.58 bits per heavy atom. The number of nitrogens with one attached hydrogen (secondary N) is 1. The molecule has 2 aliphatic rings. The van der Waals surface area contributed by atoms with Crippen LogP contribution in [0.25, 0.3) is 21.8 Å². The summed E-state index contributed by atoms with van der Waals surface area (Å²) in [6, 6.07) is 15.1. The topological polar surface area (TPSA) is 20.2 Å². The van der Waals surface area contributed by atoms with Crippen LogP contribution in [0, 0.1) is 29.1 Å². The molecule has 1 aromatic heterocycles. The normalized spacial score (nSPS) is 26.0. The van der Waals surface area contributed by atoms with E-state index in [1.54, 1.807) is 0 Å². The van der Waals surface area contributed by atoms with Gasteiger partial charge in [0.1, 0.15) is 6.17 Å². The van der Waals surface area contributed by atoms with Crippen molar-refractivity contribution >= 4 is 21.8 Å². The SMILES string of the molecule is CCC1(CC)CC(C)(C)N(C2C(C(C)C)CCCC2C(C)C)C1Nn1c2ccc(C(C)(C)C)cc2c2cc(C(C)(C)C)ccc21.